The van der Waals surface area contributed by atoms with Crippen molar-refractivity contribution in [2.24, 2.45) is 0 Å². The summed E-state index contributed by atoms with van der Waals surface area (Å²) in [5.41, 5.74) is 3.44. The fourth-order valence-electron chi connectivity index (χ4n) is 4.76. The van der Waals surface area contributed by atoms with Crippen molar-refractivity contribution in [2.45, 2.75) is 38.6 Å². The third-order valence-electron chi connectivity index (χ3n) is 6.13. The largest absolute Gasteiger partial charge is 0.395 e. The second kappa shape index (κ2) is 9.56. The molecule has 0 saturated carbocycles. The number of carbonyl (C=O) groups excluding carboxylic acids is 1. The number of β-amino-alcohol motifs (C(OH)–C–C–N with tert-alkyl or cyclic N) is 1. The molecule has 1 amide bonds. The maximum atomic E-state index is 14.2. The predicted molar refractivity (Wildman–Crippen MR) is 119 cm³/mol. The number of nitrogens with one attached hydrogen (secondary N) is 1. The third kappa shape index (κ3) is 4.59. The molecule has 1 aliphatic heterocycles. The van der Waals surface area contributed by atoms with Gasteiger partial charge in [0.1, 0.15) is 10.8 Å². The van der Waals surface area contributed by atoms with Crippen LogP contribution in [0.1, 0.15) is 47.4 Å². The molecule has 5 nitrogen and oxygen atoms in total. The number of rotatable bonds is 6. The number of piperazine rings is 1. The average molecular weight is 432 g/mol. The molecular formula is C23H30FN3O2S. The highest BCUT2D eigenvalue weighted by atomic mass is 32.1. The topological polar surface area (TPSA) is 55.8 Å². The number of hydrogen-bond acceptors (Lipinski definition) is 5. The zero-order chi connectivity index (χ0) is 21.1. The molecule has 1 atom stereocenters. The maximum Gasteiger partial charge on any atom is 0.221 e. The molecule has 2 N–H and O–H groups in total. The summed E-state index contributed by atoms with van der Waals surface area (Å²) < 4.78 is 14.2. The summed E-state index contributed by atoms with van der Waals surface area (Å²) in [6.45, 7) is 5.81. The Kier molecular flexibility index (Phi) is 6.83. The van der Waals surface area contributed by atoms with E-state index in [1.807, 2.05) is 6.07 Å². The molecule has 0 spiro atoms. The first kappa shape index (κ1) is 21.4. The Hall–Kier alpha value is -1.80. The number of anilines is 1. The van der Waals surface area contributed by atoms with Crippen LogP contribution in [0, 0.1) is 5.82 Å². The SMILES string of the molecule is CC(=O)Nc1sc2c(c1[C@@H](c1cccc(F)c1)N1CCN(CCO)CC1)CCCC2. The Morgan fingerprint density at radius 1 is 1.23 bits per heavy atom. The van der Waals surface area contributed by atoms with E-state index in [4.69, 9.17) is 0 Å². The van der Waals surface area contributed by atoms with E-state index in [1.54, 1.807) is 30.4 Å². The van der Waals surface area contributed by atoms with Crippen LogP contribution in [0.3, 0.4) is 0 Å². The Balaban J connectivity index is 1.77. The van der Waals surface area contributed by atoms with E-state index in [1.165, 1.54) is 22.9 Å². The van der Waals surface area contributed by atoms with Crippen molar-refractivity contribution in [3.63, 3.8) is 0 Å². The highest BCUT2D eigenvalue weighted by Crippen LogP contribution is 2.45. The second-order valence-corrected chi connectivity index (χ2v) is 9.30. The molecule has 162 valence electrons. The minimum absolute atomic E-state index is 0.0689. The van der Waals surface area contributed by atoms with Crippen molar-refractivity contribution < 1.29 is 14.3 Å². The van der Waals surface area contributed by atoms with E-state index in [2.05, 4.69) is 15.1 Å². The summed E-state index contributed by atoms with van der Waals surface area (Å²) in [4.78, 5) is 18.0. The summed E-state index contributed by atoms with van der Waals surface area (Å²) in [6.07, 6.45) is 4.39. The number of thiophene rings is 1. The molecule has 1 fully saturated rings. The van der Waals surface area contributed by atoms with Crippen LogP contribution in [0.5, 0.6) is 0 Å². The van der Waals surface area contributed by atoms with Crippen LogP contribution in [0.4, 0.5) is 9.39 Å². The van der Waals surface area contributed by atoms with Crippen molar-refractivity contribution in [1.29, 1.82) is 0 Å². The van der Waals surface area contributed by atoms with Crippen LogP contribution in [-0.2, 0) is 17.6 Å². The third-order valence-corrected chi connectivity index (χ3v) is 7.35. The van der Waals surface area contributed by atoms with Gasteiger partial charge in [0.2, 0.25) is 5.91 Å². The lowest BCUT2D eigenvalue weighted by atomic mass is 9.88. The van der Waals surface area contributed by atoms with Gasteiger partial charge in [-0.05, 0) is 48.9 Å². The van der Waals surface area contributed by atoms with Gasteiger partial charge in [-0.25, -0.2) is 4.39 Å². The summed E-state index contributed by atoms with van der Waals surface area (Å²) in [5, 5.41) is 13.3. The molecule has 1 aromatic carbocycles. The smallest absolute Gasteiger partial charge is 0.221 e. The van der Waals surface area contributed by atoms with E-state index in [-0.39, 0.29) is 24.4 Å². The average Bonchev–Trinajstić information content (AvgIpc) is 3.07. The summed E-state index contributed by atoms with van der Waals surface area (Å²) in [7, 11) is 0. The number of nitrogens with zero attached hydrogens (tertiary/aromatic N) is 2. The zero-order valence-electron chi connectivity index (χ0n) is 17.5. The Labute approximate surface area is 181 Å². The number of benzene rings is 1. The monoisotopic (exact) mass is 431 g/mol. The summed E-state index contributed by atoms with van der Waals surface area (Å²) in [6, 6.07) is 6.80. The molecule has 1 aliphatic carbocycles. The predicted octanol–water partition coefficient (Wildman–Crippen LogP) is 3.42. The molecule has 30 heavy (non-hydrogen) atoms. The maximum absolute atomic E-state index is 14.2. The van der Waals surface area contributed by atoms with E-state index in [0.717, 1.165) is 61.6 Å². The molecule has 1 aromatic heterocycles. The Bertz CT molecular complexity index is 893. The zero-order valence-corrected chi connectivity index (χ0v) is 18.3. The molecule has 4 rings (SSSR count). The van der Waals surface area contributed by atoms with Crippen LogP contribution >= 0.6 is 11.3 Å². The standard InChI is InChI=1S/C23H30FN3O2S/c1-16(29)25-23-21(19-7-2-3-8-20(19)30-23)22(17-5-4-6-18(24)15-17)27-11-9-26(10-12-27)13-14-28/h4-6,15,22,28H,2-3,7-14H2,1H3,(H,25,29)/t22-/m1/s1. The molecule has 0 unspecified atom stereocenters. The van der Waals surface area contributed by atoms with Crippen LogP contribution in [0.25, 0.3) is 0 Å². The van der Waals surface area contributed by atoms with Crippen molar-refractivity contribution in [2.75, 3.05) is 44.6 Å². The van der Waals surface area contributed by atoms with Crippen LogP contribution < -0.4 is 5.32 Å². The normalized spacial score (nSPS) is 18.8. The summed E-state index contributed by atoms with van der Waals surface area (Å²) in [5.74, 6) is -0.304. The first-order valence-electron chi connectivity index (χ1n) is 10.8. The van der Waals surface area contributed by atoms with Gasteiger partial charge in [-0.3, -0.25) is 14.6 Å². The quantitative estimate of drug-likeness (QED) is 0.736. The van der Waals surface area contributed by atoms with Gasteiger partial charge in [-0.2, -0.15) is 0 Å². The summed E-state index contributed by atoms with van der Waals surface area (Å²) >= 11 is 1.69. The van der Waals surface area contributed by atoms with Crippen molar-refractivity contribution in [3.8, 4) is 0 Å². The van der Waals surface area contributed by atoms with Crippen molar-refractivity contribution in [3.05, 3.63) is 51.7 Å². The number of fused-ring (bicyclic) bond motifs is 1. The van der Waals surface area contributed by atoms with E-state index in [0.29, 0.717) is 6.54 Å². The number of halogens is 1. The number of hydrogen-bond donors (Lipinski definition) is 2. The first-order valence-corrected chi connectivity index (χ1v) is 11.6. The fraction of sp³-hybridized carbons (Fsp3) is 0.522. The highest BCUT2D eigenvalue weighted by Gasteiger charge is 2.33. The Morgan fingerprint density at radius 2 is 2.00 bits per heavy atom. The van der Waals surface area contributed by atoms with Crippen LogP contribution in [0.15, 0.2) is 24.3 Å². The Morgan fingerprint density at radius 3 is 2.70 bits per heavy atom. The van der Waals surface area contributed by atoms with Gasteiger partial charge in [0.25, 0.3) is 0 Å². The van der Waals surface area contributed by atoms with E-state index >= 15 is 0 Å². The lowest BCUT2D eigenvalue weighted by Gasteiger charge is -2.40. The van der Waals surface area contributed by atoms with Crippen LogP contribution in [0.2, 0.25) is 0 Å². The lowest BCUT2D eigenvalue weighted by Crippen LogP contribution is -2.48. The van der Waals surface area contributed by atoms with Gasteiger partial charge in [-0.15, -0.1) is 11.3 Å². The number of aliphatic hydroxyl groups is 1. The second-order valence-electron chi connectivity index (χ2n) is 8.19. The first-order chi connectivity index (χ1) is 14.6. The molecule has 2 aromatic rings. The highest BCUT2D eigenvalue weighted by molar-refractivity contribution is 7.16. The van der Waals surface area contributed by atoms with Gasteiger partial charge in [0, 0.05) is 50.1 Å². The van der Waals surface area contributed by atoms with Gasteiger partial charge in [0.15, 0.2) is 0 Å². The fourth-order valence-corrected chi connectivity index (χ4v) is 6.12. The molecule has 0 bridgehead atoms. The van der Waals surface area contributed by atoms with E-state index in [9.17, 15) is 14.3 Å². The molecule has 2 aliphatic rings. The van der Waals surface area contributed by atoms with Gasteiger partial charge in [0.05, 0.1) is 12.6 Å². The van der Waals surface area contributed by atoms with Gasteiger partial charge < -0.3 is 10.4 Å². The lowest BCUT2D eigenvalue weighted by molar-refractivity contribution is -0.114. The molecule has 7 heteroatoms. The minimum atomic E-state index is -0.235. The van der Waals surface area contributed by atoms with Gasteiger partial charge >= 0.3 is 0 Å². The van der Waals surface area contributed by atoms with Crippen molar-refractivity contribution in [1.82, 2.24) is 9.80 Å². The minimum Gasteiger partial charge on any atom is -0.395 e. The molecular weight excluding hydrogens is 401 g/mol. The number of carbonyl (C=O) groups is 1. The number of amides is 1. The van der Waals surface area contributed by atoms with Crippen molar-refractivity contribution >= 4 is 22.2 Å². The molecule has 2 heterocycles. The molecule has 1 saturated heterocycles. The van der Waals surface area contributed by atoms with Crippen LogP contribution in [-0.4, -0.2) is 60.1 Å². The van der Waals surface area contributed by atoms with E-state index < -0.39 is 0 Å². The number of aliphatic hydroxyl groups excluding tert-OH is 1. The van der Waals surface area contributed by atoms with Gasteiger partial charge in [-0.1, -0.05) is 12.1 Å². The number of aryl methyl sites for hydroxylation is 1. The molecule has 0 radical (unpaired) electrons.